The minimum absolute atomic E-state index is 0.0483. The zero-order valence-electron chi connectivity index (χ0n) is 13.9. The topological polar surface area (TPSA) is 127 Å². The van der Waals surface area contributed by atoms with E-state index in [1.54, 1.807) is 30.3 Å². The van der Waals surface area contributed by atoms with Gasteiger partial charge >= 0.3 is 5.97 Å². The summed E-state index contributed by atoms with van der Waals surface area (Å²) in [6.07, 6.45) is 0.155. The van der Waals surface area contributed by atoms with Crippen molar-refractivity contribution in [2.75, 3.05) is 6.54 Å². The van der Waals surface area contributed by atoms with E-state index in [4.69, 9.17) is 9.15 Å². The van der Waals surface area contributed by atoms with Gasteiger partial charge in [-0.25, -0.2) is 0 Å². The lowest BCUT2D eigenvalue weighted by atomic mass is 10.2. The lowest BCUT2D eigenvalue weighted by Crippen LogP contribution is -2.47. The van der Waals surface area contributed by atoms with Gasteiger partial charge in [-0.1, -0.05) is 18.2 Å². The molecule has 1 atom stereocenters. The van der Waals surface area contributed by atoms with Gasteiger partial charge in [0.1, 0.15) is 6.54 Å². The fraction of sp³-hybridized carbons (Fsp3) is 0.176. The summed E-state index contributed by atoms with van der Waals surface area (Å²) in [4.78, 5) is 46.9. The maximum atomic E-state index is 11.8. The van der Waals surface area contributed by atoms with Crippen molar-refractivity contribution in [3.63, 3.8) is 0 Å². The molecule has 2 aromatic rings. The van der Waals surface area contributed by atoms with Crippen LogP contribution < -0.4 is 16.2 Å². The van der Waals surface area contributed by atoms with Crippen molar-refractivity contribution in [2.24, 2.45) is 0 Å². The molecule has 9 nitrogen and oxygen atoms in total. The average Bonchev–Trinajstić information content (AvgIpc) is 3.19. The zero-order chi connectivity index (χ0) is 18.9. The fourth-order valence-corrected chi connectivity index (χ4v) is 1.82. The summed E-state index contributed by atoms with van der Waals surface area (Å²) < 4.78 is 9.74. The number of carbonyl (C=O) groups excluding carboxylic acids is 4. The maximum Gasteiger partial charge on any atom is 0.326 e. The average molecular weight is 359 g/mol. The van der Waals surface area contributed by atoms with Crippen LogP contribution in [0.4, 0.5) is 0 Å². The van der Waals surface area contributed by atoms with Crippen molar-refractivity contribution in [3.05, 3.63) is 60.1 Å². The molecule has 9 heteroatoms. The number of carbonyl (C=O) groups is 4. The highest BCUT2D eigenvalue weighted by Gasteiger charge is 2.19. The minimum atomic E-state index is -1.17. The van der Waals surface area contributed by atoms with Gasteiger partial charge in [0, 0.05) is 5.56 Å². The molecule has 0 radical (unpaired) electrons. The van der Waals surface area contributed by atoms with Gasteiger partial charge in [-0.05, 0) is 31.2 Å². The van der Waals surface area contributed by atoms with Crippen molar-refractivity contribution >= 4 is 23.7 Å². The Hall–Kier alpha value is -3.62. The third-order valence-electron chi connectivity index (χ3n) is 3.15. The number of hydrogen-bond donors (Lipinski definition) is 3. The molecule has 0 saturated carbocycles. The van der Waals surface area contributed by atoms with Gasteiger partial charge in [-0.2, -0.15) is 0 Å². The van der Waals surface area contributed by atoms with Crippen molar-refractivity contribution in [1.29, 1.82) is 0 Å². The molecule has 2 rings (SSSR count). The van der Waals surface area contributed by atoms with Gasteiger partial charge in [-0.3, -0.25) is 30.0 Å². The molecule has 136 valence electrons. The maximum absolute atomic E-state index is 11.8. The SMILES string of the molecule is C[C@@H](OC(=O)CNC(=O)c1ccco1)C(=O)NNC(=O)c1ccccc1. The minimum Gasteiger partial charge on any atom is -0.459 e. The van der Waals surface area contributed by atoms with Gasteiger partial charge in [0.05, 0.1) is 6.26 Å². The van der Waals surface area contributed by atoms with Crippen LogP contribution in [0.15, 0.2) is 53.1 Å². The molecule has 0 aliphatic rings. The number of rotatable bonds is 6. The van der Waals surface area contributed by atoms with Crippen LogP contribution in [-0.2, 0) is 14.3 Å². The van der Waals surface area contributed by atoms with Crippen LogP contribution in [0.5, 0.6) is 0 Å². The second-order valence-electron chi connectivity index (χ2n) is 5.10. The molecule has 0 aliphatic heterocycles. The van der Waals surface area contributed by atoms with E-state index in [0.29, 0.717) is 5.56 Å². The standard InChI is InChI=1S/C17H17N3O6/c1-11(15(22)19-20-16(23)12-6-3-2-4-7-12)26-14(21)10-18-17(24)13-8-5-9-25-13/h2-9,11H,10H2,1H3,(H,18,24)(H,19,22)(H,20,23)/t11-/m1/s1. The van der Waals surface area contributed by atoms with Crippen LogP contribution in [0.2, 0.25) is 0 Å². The summed E-state index contributed by atoms with van der Waals surface area (Å²) in [5.41, 5.74) is 4.72. The first-order chi connectivity index (χ1) is 12.5. The summed E-state index contributed by atoms with van der Waals surface area (Å²) in [5.74, 6) is -2.59. The van der Waals surface area contributed by atoms with Crippen LogP contribution in [0.3, 0.4) is 0 Å². The van der Waals surface area contributed by atoms with E-state index in [9.17, 15) is 19.2 Å². The first-order valence-electron chi connectivity index (χ1n) is 7.64. The summed E-state index contributed by atoms with van der Waals surface area (Å²) >= 11 is 0. The normalized spacial score (nSPS) is 11.1. The van der Waals surface area contributed by atoms with E-state index in [2.05, 4.69) is 16.2 Å². The number of hydrazine groups is 1. The van der Waals surface area contributed by atoms with E-state index in [-0.39, 0.29) is 5.76 Å². The van der Waals surface area contributed by atoms with Crippen LogP contribution in [0.1, 0.15) is 27.8 Å². The second kappa shape index (κ2) is 9.02. The van der Waals surface area contributed by atoms with Crippen LogP contribution in [0, 0.1) is 0 Å². The fourth-order valence-electron chi connectivity index (χ4n) is 1.82. The van der Waals surface area contributed by atoms with E-state index in [1.165, 1.54) is 25.3 Å². The highest BCUT2D eigenvalue weighted by atomic mass is 16.5. The smallest absolute Gasteiger partial charge is 0.326 e. The molecule has 0 spiro atoms. The third kappa shape index (κ3) is 5.48. The van der Waals surface area contributed by atoms with Crippen LogP contribution >= 0.6 is 0 Å². The summed E-state index contributed by atoms with van der Waals surface area (Å²) in [6.45, 7) is 0.893. The van der Waals surface area contributed by atoms with Gasteiger partial charge in [0.25, 0.3) is 17.7 Å². The molecule has 0 fully saturated rings. The van der Waals surface area contributed by atoms with E-state index < -0.39 is 36.3 Å². The Balaban J connectivity index is 1.71. The number of nitrogens with one attached hydrogen (secondary N) is 3. The number of benzene rings is 1. The van der Waals surface area contributed by atoms with Gasteiger partial charge in [-0.15, -0.1) is 0 Å². The number of hydrogen-bond acceptors (Lipinski definition) is 6. The third-order valence-corrected chi connectivity index (χ3v) is 3.15. The molecule has 26 heavy (non-hydrogen) atoms. The molecule has 0 bridgehead atoms. The summed E-state index contributed by atoms with van der Waals surface area (Å²) in [7, 11) is 0. The predicted molar refractivity (Wildman–Crippen MR) is 88.6 cm³/mol. The Morgan fingerprint density at radius 3 is 2.38 bits per heavy atom. The Morgan fingerprint density at radius 1 is 1.00 bits per heavy atom. The molecule has 1 aromatic heterocycles. The van der Waals surface area contributed by atoms with Crippen molar-refractivity contribution < 1.29 is 28.3 Å². The highest BCUT2D eigenvalue weighted by Crippen LogP contribution is 1.99. The zero-order valence-corrected chi connectivity index (χ0v) is 13.9. The van der Waals surface area contributed by atoms with Crippen LogP contribution in [0.25, 0.3) is 0 Å². The Labute approximate surface area is 148 Å². The molecule has 0 unspecified atom stereocenters. The van der Waals surface area contributed by atoms with E-state index in [0.717, 1.165) is 0 Å². The largest absolute Gasteiger partial charge is 0.459 e. The first kappa shape index (κ1) is 18.7. The molecule has 1 aromatic carbocycles. The quantitative estimate of drug-likeness (QED) is 0.506. The highest BCUT2D eigenvalue weighted by molar-refractivity contribution is 5.96. The molecule has 3 amide bonds. The van der Waals surface area contributed by atoms with Gasteiger partial charge < -0.3 is 14.5 Å². The lowest BCUT2D eigenvalue weighted by Gasteiger charge is -2.14. The molecule has 0 saturated heterocycles. The Morgan fingerprint density at radius 2 is 1.73 bits per heavy atom. The number of amides is 3. The second-order valence-corrected chi connectivity index (χ2v) is 5.10. The Bertz CT molecular complexity index is 773. The molecule has 0 aliphatic carbocycles. The molecular formula is C17H17N3O6. The van der Waals surface area contributed by atoms with Crippen molar-refractivity contribution in [3.8, 4) is 0 Å². The number of furan rings is 1. The molecule has 1 heterocycles. The van der Waals surface area contributed by atoms with E-state index in [1.807, 2.05) is 0 Å². The lowest BCUT2D eigenvalue weighted by molar-refractivity contribution is -0.154. The van der Waals surface area contributed by atoms with Crippen molar-refractivity contribution in [1.82, 2.24) is 16.2 Å². The van der Waals surface area contributed by atoms with Crippen LogP contribution in [-0.4, -0.2) is 36.3 Å². The monoisotopic (exact) mass is 359 g/mol. The van der Waals surface area contributed by atoms with E-state index >= 15 is 0 Å². The van der Waals surface area contributed by atoms with Crippen molar-refractivity contribution in [2.45, 2.75) is 13.0 Å². The summed E-state index contributed by atoms with van der Waals surface area (Å²) in [5, 5.41) is 2.29. The predicted octanol–water partition coefficient (Wildman–Crippen LogP) is 0.402. The van der Waals surface area contributed by atoms with Gasteiger partial charge in [0.2, 0.25) is 0 Å². The first-order valence-corrected chi connectivity index (χ1v) is 7.64. The Kier molecular flexibility index (Phi) is 6.49. The number of ether oxygens (including phenoxy) is 1. The molecule has 3 N–H and O–H groups in total. The van der Waals surface area contributed by atoms with Gasteiger partial charge in [0.15, 0.2) is 11.9 Å². The number of esters is 1. The summed E-state index contributed by atoms with van der Waals surface area (Å²) in [6, 6.07) is 11.2. The molecular weight excluding hydrogens is 342 g/mol.